The second-order valence-electron chi connectivity index (χ2n) is 10.2. The zero-order chi connectivity index (χ0) is 27.4. The first-order chi connectivity index (χ1) is 18.9. The topological polar surface area (TPSA) is 83.4 Å². The molecule has 39 heavy (non-hydrogen) atoms. The Morgan fingerprint density at radius 3 is 2.49 bits per heavy atom. The minimum Gasteiger partial charge on any atom is -0.481 e. The number of hydrogen-bond acceptors (Lipinski definition) is 4. The number of fused-ring (bicyclic) bond motifs is 1. The fraction of sp³-hybridized carbons (Fsp3) is 0.355. The SMILES string of the molecule is O=C(O)CCCCc1nc2cc(C(=O)N3CCC(C4=CCC(Cl)C=C4)CC3)ccc2nc1-c1ccc(F)cc1. The molecule has 2 aliphatic rings. The molecule has 1 saturated heterocycles. The summed E-state index contributed by atoms with van der Waals surface area (Å²) in [6, 6.07) is 11.5. The number of aromatic nitrogens is 2. The summed E-state index contributed by atoms with van der Waals surface area (Å²) >= 11 is 6.16. The molecule has 1 aliphatic heterocycles. The first kappa shape index (κ1) is 27.0. The van der Waals surface area contributed by atoms with Gasteiger partial charge in [0.05, 0.1) is 27.8 Å². The van der Waals surface area contributed by atoms with Crippen molar-refractivity contribution in [3.05, 3.63) is 83.3 Å². The number of nitrogens with zero attached hydrogens (tertiary/aromatic N) is 3. The fourth-order valence-corrected chi connectivity index (χ4v) is 5.48. The number of benzene rings is 2. The van der Waals surface area contributed by atoms with Gasteiger partial charge < -0.3 is 10.0 Å². The Kier molecular flexibility index (Phi) is 8.36. The number of halogens is 2. The van der Waals surface area contributed by atoms with E-state index in [0.717, 1.165) is 24.8 Å². The quantitative estimate of drug-likeness (QED) is 0.254. The van der Waals surface area contributed by atoms with Crippen LogP contribution in [0.25, 0.3) is 22.3 Å². The Balaban J connectivity index is 1.35. The standard InChI is InChI=1S/C31H31ClFN3O3/c32-24-10-5-20(6-11-24)21-15-17-36(18-16-21)31(39)23-9-14-26-28(19-23)34-27(3-1-2-4-29(37)38)30(35-26)22-7-12-25(33)13-8-22/h5-10,12-14,19,21,24H,1-4,11,15-18H2,(H,37,38). The van der Waals surface area contributed by atoms with Crippen molar-refractivity contribution >= 4 is 34.5 Å². The van der Waals surface area contributed by atoms with Crippen LogP contribution in [0.5, 0.6) is 0 Å². The summed E-state index contributed by atoms with van der Waals surface area (Å²) in [6.45, 7) is 1.39. The summed E-state index contributed by atoms with van der Waals surface area (Å²) < 4.78 is 13.5. The molecule has 1 aromatic heterocycles. The maximum Gasteiger partial charge on any atom is 0.303 e. The normalized spacial score (nSPS) is 17.8. The molecule has 1 fully saturated rings. The summed E-state index contributed by atoms with van der Waals surface area (Å²) in [4.78, 5) is 35.9. The van der Waals surface area contributed by atoms with Gasteiger partial charge in [0.25, 0.3) is 5.91 Å². The van der Waals surface area contributed by atoms with Crippen LogP contribution in [0.1, 0.15) is 54.6 Å². The molecular formula is C31H31ClFN3O3. The molecule has 6 nitrogen and oxygen atoms in total. The molecule has 2 aromatic carbocycles. The third-order valence-electron chi connectivity index (χ3n) is 7.49. The Morgan fingerprint density at radius 1 is 1.03 bits per heavy atom. The van der Waals surface area contributed by atoms with Gasteiger partial charge in [0, 0.05) is 30.6 Å². The van der Waals surface area contributed by atoms with Gasteiger partial charge >= 0.3 is 5.97 Å². The molecule has 1 amide bonds. The van der Waals surface area contributed by atoms with Crippen LogP contribution in [-0.4, -0.2) is 50.3 Å². The van der Waals surface area contributed by atoms with Crippen LogP contribution < -0.4 is 0 Å². The third-order valence-corrected chi connectivity index (χ3v) is 7.81. The molecule has 202 valence electrons. The lowest BCUT2D eigenvalue weighted by Crippen LogP contribution is -2.38. The van der Waals surface area contributed by atoms with E-state index in [-0.39, 0.29) is 23.5 Å². The number of likely N-dealkylation sites (tertiary alicyclic amines) is 1. The van der Waals surface area contributed by atoms with Crippen LogP contribution >= 0.6 is 11.6 Å². The van der Waals surface area contributed by atoms with Gasteiger partial charge in [-0.3, -0.25) is 9.59 Å². The summed E-state index contributed by atoms with van der Waals surface area (Å²) in [6.07, 6.45) is 10.9. The molecule has 0 bridgehead atoms. The molecule has 1 atom stereocenters. The molecule has 0 radical (unpaired) electrons. The number of carboxylic acids is 1. The van der Waals surface area contributed by atoms with Gasteiger partial charge in [0.15, 0.2) is 0 Å². The van der Waals surface area contributed by atoms with Crippen molar-refractivity contribution in [3.8, 4) is 11.3 Å². The van der Waals surface area contributed by atoms with Crippen LogP contribution in [-0.2, 0) is 11.2 Å². The Hall–Kier alpha value is -3.58. The van der Waals surface area contributed by atoms with Gasteiger partial charge in [-0.1, -0.05) is 18.2 Å². The van der Waals surface area contributed by atoms with Gasteiger partial charge in [-0.15, -0.1) is 11.6 Å². The van der Waals surface area contributed by atoms with Crippen molar-refractivity contribution < 1.29 is 19.1 Å². The van der Waals surface area contributed by atoms with Gasteiger partial charge in [0.2, 0.25) is 0 Å². The predicted molar refractivity (Wildman–Crippen MR) is 150 cm³/mol. The fourth-order valence-electron chi connectivity index (χ4n) is 5.32. The molecule has 1 N–H and O–H groups in total. The maximum absolute atomic E-state index is 13.5. The first-order valence-electron chi connectivity index (χ1n) is 13.5. The minimum absolute atomic E-state index is 0.0169. The highest BCUT2D eigenvalue weighted by atomic mass is 35.5. The number of hydrogen-bond donors (Lipinski definition) is 1. The van der Waals surface area contributed by atoms with Gasteiger partial charge in [-0.25, -0.2) is 14.4 Å². The van der Waals surface area contributed by atoms with E-state index in [2.05, 4.69) is 12.2 Å². The van der Waals surface area contributed by atoms with Crippen molar-refractivity contribution in [3.63, 3.8) is 0 Å². The highest BCUT2D eigenvalue weighted by molar-refractivity contribution is 6.22. The van der Waals surface area contributed by atoms with E-state index in [0.29, 0.717) is 66.3 Å². The number of aliphatic carboxylic acids is 1. The number of carbonyl (C=O) groups is 2. The van der Waals surface area contributed by atoms with E-state index in [1.165, 1.54) is 17.7 Å². The van der Waals surface area contributed by atoms with E-state index < -0.39 is 5.97 Å². The number of carbonyl (C=O) groups excluding carboxylic acids is 1. The molecular weight excluding hydrogens is 517 g/mol. The van der Waals surface area contributed by atoms with Crippen molar-refractivity contribution in [2.75, 3.05) is 13.1 Å². The molecule has 0 spiro atoms. The molecule has 1 unspecified atom stereocenters. The summed E-state index contributed by atoms with van der Waals surface area (Å²) in [5.74, 6) is -0.734. The Morgan fingerprint density at radius 2 is 1.79 bits per heavy atom. The van der Waals surface area contributed by atoms with E-state index in [4.69, 9.17) is 26.7 Å². The smallest absolute Gasteiger partial charge is 0.303 e. The number of carboxylic acid groups (broad SMARTS) is 1. The van der Waals surface area contributed by atoms with Gasteiger partial charge in [-0.2, -0.15) is 0 Å². The Bertz CT molecular complexity index is 1430. The van der Waals surface area contributed by atoms with Crippen LogP contribution in [0.2, 0.25) is 0 Å². The Labute approximate surface area is 232 Å². The van der Waals surface area contributed by atoms with E-state index in [1.807, 2.05) is 17.0 Å². The molecule has 8 heteroatoms. The number of aryl methyl sites for hydroxylation is 1. The number of rotatable bonds is 8. The first-order valence-corrected chi connectivity index (χ1v) is 13.9. The largest absolute Gasteiger partial charge is 0.481 e. The average molecular weight is 548 g/mol. The molecule has 5 rings (SSSR count). The average Bonchev–Trinajstić information content (AvgIpc) is 2.95. The maximum atomic E-state index is 13.5. The lowest BCUT2D eigenvalue weighted by molar-refractivity contribution is -0.137. The molecule has 3 aromatic rings. The summed E-state index contributed by atoms with van der Waals surface area (Å²) in [5.41, 5.74) is 5.25. The highest BCUT2D eigenvalue weighted by Crippen LogP contribution is 2.30. The number of piperidine rings is 1. The van der Waals surface area contributed by atoms with E-state index in [1.54, 1.807) is 24.3 Å². The van der Waals surface area contributed by atoms with Crippen LogP contribution in [0, 0.1) is 11.7 Å². The lowest BCUT2D eigenvalue weighted by atomic mass is 9.86. The predicted octanol–water partition coefficient (Wildman–Crippen LogP) is 6.58. The number of amides is 1. The highest BCUT2D eigenvalue weighted by Gasteiger charge is 2.26. The number of alkyl halides is 1. The summed E-state index contributed by atoms with van der Waals surface area (Å²) in [5, 5.41) is 9.05. The molecule has 1 aliphatic carbocycles. The van der Waals surface area contributed by atoms with Crippen LogP contribution in [0.3, 0.4) is 0 Å². The van der Waals surface area contributed by atoms with Crippen LogP contribution in [0.4, 0.5) is 4.39 Å². The lowest BCUT2D eigenvalue weighted by Gasteiger charge is -2.33. The zero-order valence-electron chi connectivity index (χ0n) is 21.7. The number of allylic oxidation sites excluding steroid dienone is 4. The van der Waals surface area contributed by atoms with Gasteiger partial charge in [0.1, 0.15) is 5.82 Å². The van der Waals surface area contributed by atoms with Crippen molar-refractivity contribution in [1.29, 1.82) is 0 Å². The van der Waals surface area contributed by atoms with Crippen molar-refractivity contribution in [2.24, 2.45) is 5.92 Å². The van der Waals surface area contributed by atoms with Crippen molar-refractivity contribution in [1.82, 2.24) is 14.9 Å². The number of unbranched alkanes of at least 4 members (excludes halogenated alkanes) is 1. The summed E-state index contributed by atoms with van der Waals surface area (Å²) in [7, 11) is 0. The van der Waals surface area contributed by atoms with Gasteiger partial charge in [-0.05, 0) is 92.5 Å². The van der Waals surface area contributed by atoms with E-state index in [9.17, 15) is 14.0 Å². The molecule has 0 saturated carbocycles. The second kappa shape index (κ2) is 12.1. The zero-order valence-corrected chi connectivity index (χ0v) is 22.4. The monoisotopic (exact) mass is 547 g/mol. The minimum atomic E-state index is -0.832. The van der Waals surface area contributed by atoms with Crippen molar-refractivity contribution in [2.45, 2.75) is 50.3 Å². The van der Waals surface area contributed by atoms with E-state index >= 15 is 0 Å². The molecule has 2 heterocycles. The van der Waals surface area contributed by atoms with Crippen LogP contribution in [0.15, 0.2) is 66.3 Å². The third kappa shape index (κ3) is 6.53. The second-order valence-corrected chi connectivity index (χ2v) is 10.8.